The first-order valence-electron chi connectivity index (χ1n) is 11.2. The number of ether oxygens (including phenoxy) is 2. The molecule has 0 fully saturated rings. The summed E-state index contributed by atoms with van der Waals surface area (Å²) in [6.07, 6.45) is 0.951. The van der Waals surface area contributed by atoms with Crippen molar-refractivity contribution in [1.82, 2.24) is 5.32 Å². The predicted octanol–water partition coefficient (Wildman–Crippen LogP) is 4.04. The van der Waals surface area contributed by atoms with Crippen molar-refractivity contribution in [3.63, 3.8) is 0 Å². The van der Waals surface area contributed by atoms with Crippen LogP contribution in [-0.4, -0.2) is 40.6 Å². The third-order valence-corrected chi connectivity index (χ3v) is 6.87. The second-order valence-electron chi connectivity index (χ2n) is 7.45. The summed E-state index contributed by atoms with van der Waals surface area (Å²) in [5.74, 6) is 0.907. The van der Waals surface area contributed by atoms with E-state index in [1.165, 1.54) is 17.7 Å². The van der Waals surface area contributed by atoms with Gasteiger partial charge in [-0.1, -0.05) is 37.3 Å². The summed E-state index contributed by atoms with van der Waals surface area (Å²) in [4.78, 5) is 12.8. The minimum Gasteiger partial charge on any atom is -0.494 e. The van der Waals surface area contributed by atoms with Gasteiger partial charge >= 0.3 is 0 Å². The third-order valence-electron chi connectivity index (χ3n) is 5.08. The number of nitrogens with one attached hydrogen (secondary N) is 1. The summed E-state index contributed by atoms with van der Waals surface area (Å²) in [5, 5.41) is 2.74. The summed E-state index contributed by atoms with van der Waals surface area (Å²) in [7, 11) is -3.95. The molecular weight excluding hydrogens is 452 g/mol. The van der Waals surface area contributed by atoms with E-state index in [9.17, 15) is 13.2 Å². The smallest absolute Gasteiger partial charge is 0.264 e. The van der Waals surface area contributed by atoms with Crippen LogP contribution in [0.1, 0.15) is 19.4 Å². The zero-order valence-corrected chi connectivity index (χ0v) is 20.3. The standard InChI is InChI=1S/C26H30N2O5S/c1-3-21-10-14-24(15-11-21)33-19-18-27-26(29)20-28(22-12-16-23(17-13-22)32-4-2)34(30,31)25-8-6-5-7-9-25/h5-17H,3-4,18-20H2,1-2H3,(H,27,29). The average Bonchev–Trinajstić information content (AvgIpc) is 2.87. The molecule has 3 rings (SSSR count). The van der Waals surface area contributed by atoms with E-state index >= 15 is 0 Å². The molecule has 0 spiro atoms. The molecule has 0 aliphatic heterocycles. The van der Waals surface area contributed by atoms with Crippen LogP contribution in [0.25, 0.3) is 0 Å². The molecule has 0 aromatic heterocycles. The van der Waals surface area contributed by atoms with Gasteiger partial charge in [0, 0.05) is 0 Å². The van der Waals surface area contributed by atoms with E-state index < -0.39 is 15.9 Å². The quantitative estimate of drug-likeness (QED) is 0.394. The number of nitrogens with zero attached hydrogens (tertiary/aromatic N) is 1. The first-order chi connectivity index (χ1) is 16.4. The van der Waals surface area contributed by atoms with Crippen LogP contribution in [0, 0.1) is 0 Å². The summed E-state index contributed by atoms with van der Waals surface area (Å²) in [6.45, 7) is 4.60. The lowest BCUT2D eigenvalue weighted by atomic mass is 10.2. The Morgan fingerprint density at radius 3 is 2.09 bits per heavy atom. The normalized spacial score (nSPS) is 11.0. The Bertz CT molecular complexity index is 1150. The van der Waals surface area contributed by atoms with Crippen LogP contribution in [0.15, 0.2) is 83.8 Å². The highest BCUT2D eigenvalue weighted by Crippen LogP contribution is 2.25. The van der Waals surface area contributed by atoms with Crippen molar-refractivity contribution in [3.05, 3.63) is 84.4 Å². The minimum atomic E-state index is -3.95. The molecule has 0 aliphatic rings. The van der Waals surface area contributed by atoms with Gasteiger partial charge in [0.1, 0.15) is 24.7 Å². The van der Waals surface area contributed by atoms with Crippen LogP contribution in [-0.2, 0) is 21.2 Å². The Kier molecular flexibility index (Phi) is 8.93. The Labute approximate surface area is 201 Å². The van der Waals surface area contributed by atoms with Gasteiger partial charge < -0.3 is 14.8 Å². The van der Waals surface area contributed by atoms with E-state index in [1.54, 1.807) is 42.5 Å². The maximum Gasteiger partial charge on any atom is 0.264 e. The van der Waals surface area contributed by atoms with Gasteiger partial charge in [0.25, 0.3) is 10.0 Å². The molecule has 8 heteroatoms. The molecule has 0 radical (unpaired) electrons. The van der Waals surface area contributed by atoms with Gasteiger partial charge in [0.05, 0.1) is 23.7 Å². The maximum atomic E-state index is 13.3. The first kappa shape index (κ1) is 25.1. The number of benzene rings is 3. The number of amides is 1. The maximum absolute atomic E-state index is 13.3. The molecular formula is C26H30N2O5S. The Morgan fingerprint density at radius 2 is 1.47 bits per heavy atom. The number of rotatable bonds is 12. The lowest BCUT2D eigenvalue weighted by molar-refractivity contribution is -0.119. The van der Waals surface area contributed by atoms with Crippen LogP contribution in [0.4, 0.5) is 5.69 Å². The van der Waals surface area contributed by atoms with Crippen LogP contribution >= 0.6 is 0 Å². The number of carbonyl (C=O) groups excluding carboxylic acids is 1. The summed E-state index contributed by atoms with van der Waals surface area (Å²) < 4.78 is 38.9. The van der Waals surface area contributed by atoms with Crippen molar-refractivity contribution in [2.24, 2.45) is 0 Å². The average molecular weight is 483 g/mol. The van der Waals surface area contributed by atoms with E-state index in [0.717, 1.165) is 10.7 Å². The van der Waals surface area contributed by atoms with Crippen molar-refractivity contribution in [2.45, 2.75) is 25.2 Å². The SMILES string of the molecule is CCOc1ccc(N(CC(=O)NCCOc2ccc(CC)cc2)S(=O)(=O)c2ccccc2)cc1. The van der Waals surface area contributed by atoms with Crippen LogP contribution in [0.3, 0.4) is 0 Å². The van der Waals surface area contributed by atoms with E-state index in [4.69, 9.17) is 9.47 Å². The fourth-order valence-electron chi connectivity index (χ4n) is 3.28. The highest BCUT2D eigenvalue weighted by molar-refractivity contribution is 7.92. The fourth-order valence-corrected chi connectivity index (χ4v) is 4.72. The van der Waals surface area contributed by atoms with Gasteiger partial charge in [-0.25, -0.2) is 8.42 Å². The van der Waals surface area contributed by atoms with Gasteiger partial charge in [0.15, 0.2) is 0 Å². The molecule has 0 saturated carbocycles. The molecule has 0 bridgehead atoms. The van der Waals surface area contributed by atoms with Crippen molar-refractivity contribution >= 4 is 21.6 Å². The van der Waals surface area contributed by atoms with E-state index in [-0.39, 0.29) is 24.6 Å². The number of hydrogen-bond acceptors (Lipinski definition) is 5. The summed E-state index contributed by atoms with van der Waals surface area (Å²) >= 11 is 0. The molecule has 3 aromatic carbocycles. The molecule has 0 heterocycles. The van der Waals surface area contributed by atoms with Crippen molar-refractivity contribution in [3.8, 4) is 11.5 Å². The molecule has 180 valence electrons. The van der Waals surface area contributed by atoms with Crippen molar-refractivity contribution < 1.29 is 22.7 Å². The van der Waals surface area contributed by atoms with Gasteiger partial charge in [-0.15, -0.1) is 0 Å². The number of carbonyl (C=O) groups is 1. The molecule has 34 heavy (non-hydrogen) atoms. The second-order valence-corrected chi connectivity index (χ2v) is 9.31. The van der Waals surface area contributed by atoms with Crippen LogP contribution < -0.4 is 19.1 Å². The molecule has 3 aromatic rings. The first-order valence-corrected chi connectivity index (χ1v) is 12.7. The van der Waals surface area contributed by atoms with Crippen molar-refractivity contribution in [1.29, 1.82) is 0 Å². The van der Waals surface area contributed by atoms with E-state index in [2.05, 4.69) is 12.2 Å². The molecule has 1 N–H and O–H groups in total. The number of anilines is 1. The highest BCUT2D eigenvalue weighted by Gasteiger charge is 2.27. The second kappa shape index (κ2) is 12.1. The third kappa shape index (κ3) is 6.74. The monoisotopic (exact) mass is 482 g/mol. The Hall–Kier alpha value is -3.52. The van der Waals surface area contributed by atoms with Gasteiger partial charge in [0.2, 0.25) is 5.91 Å². The minimum absolute atomic E-state index is 0.107. The van der Waals surface area contributed by atoms with Crippen LogP contribution in [0.2, 0.25) is 0 Å². The Balaban J connectivity index is 1.67. The molecule has 0 saturated heterocycles. The molecule has 0 atom stereocenters. The fraction of sp³-hybridized carbons (Fsp3) is 0.269. The van der Waals surface area contributed by atoms with E-state index in [0.29, 0.717) is 23.8 Å². The summed E-state index contributed by atoms with van der Waals surface area (Å²) in [6, 6.07) is 22.4. The highest BCUT2D eigenvalue weighted by atomic mass is 32.2. The Morgan fingerprint density at radius 1 is 0.853 bits per heavy atom. The number of aryl methyl sites for hydroxylation is 1. The van der Waals surface area contributed by atoms with Crippen molar-refractivity contribution in [2.75, 3.05) is 30.6 Å². The summed E-state index contributed by atoms with van der Waals surface area (Å²) in [5.41, 5.74) is 1.59. The number of sulfonamides is 1. The van der Waals surface area contributed by atoms with Gasteiger partial charge in [-0.2, -0.15) is 0 Å². The van der Waals surface area contributed by atoms with Gasteiger partial charge in [-0.05, 0) is 67.4 Å². The lowest BCUT2D eigenvalue weighted by Gasteiger charge is -2.24. The van der Waals surface area contributed by atoms with Gasteiger partial charge in [-0.3, -0.25) is 9.10 Å². The topological polar surface area (TPSA) is 84.9 Å². The molecule has 0 unspecified atom stereocenters. The number of hydrogen-bond donors (Lipinski definition) is 1. The zero-order valence-electron chi connectivity index (χ0n) is 19.4. The lowest BCUT2D eigenvalue weighted by Crippen LogP contribution is -2.41. The molecule has 0 aliphatic carbocycles. The molecule has 1 amide bonds. The predicted molar refractivity (Wildman–Crippen MR) is 133 cm³/mol. The largest absolute Gasteiger partial charge is 0.494 e. The van der Waals surface area contributed by atoms with E-state index in [1.807, 2.05) is 31.2 Å². The zero-order chi connectivity index (χ0) is 24.4. The van der Waals surface area contributed by atoms with Crippen LogP contribution in [0.5, 0.6) is 11.5 Å². The molecule has 7 nitrogen and oxygen atoms in total.